The smallest absolute Gasteiger partial charge is 0.309 e. The molecule has 2 aliphatic rings. The van der Waals surface area contributed by atoms with Gasteiger partial charge in [-0.3, -0.25) is 9.59 Å². The topological polar surface area (TPSA) is 80.0 Å². The summed E-state index contributed by atoms with van der Waals surface area (Å²) in [6.45, 7) is 5.11. The van der Waals surface area contributed by atoms with E-state index in [1.54, 1.807) is 12.4 Å². The summed E-state index contributed by atoms with van der Waals surface area (Å²) in [4.78, 5) is 33.5. The number of aromatic nitrogens is 3. The van der Waals surface area contributed by atoms with Crippen LogP contribution in [-0.2, 0) is 14.3 Å². The zero-order chi connectivity index (χ0) is 19.5. The molecule has 0 aromatic carbocycles. The Kier molecular flexibility index (Phi) is 5.45. The zero-order valence-corrected chi connectivity index (χ0v) is 16.3. The van der Waals surface area contributed by atoms with Crippen LogP contribution < -0.4 is 4.90 Å². The van der Waals surface area contributed by atoms with Crippen LogP contribution >= 0.6 is 0 Å². The Morgan fingerprint density at radius 2 is 1.93 bits per heavy atom. The van der Waals surface area contributed by atoms with Crippen LogP contribution in [0, 0.1) is 11.8 Å². The highest BCUT2D eigenvalue weighted by Crippen LogP contribution is 2.26. The average Bonchev–Trinajstić information content (AvgIpc) is 3.22. The molecule has 0 radical (unpaired) electrons. The summed E-state index contributed by atoms with van der Waals surface area (Å²) in [7, 11) is 0. The lowest BCUT2D eigenvalue weighted by atomic mass is 9.93. The first kappa shape index (κ1) is 18.7. The molecule has 1 atom stereocenters. The maximum atomic E-state index is 13.1. The molecule has 8 nitrogen and oxygen atoms in total. The number of hydrogen-bond acceptors (Lipinski definition) is 6. The number of likely N-dealkylation sites (tertiary alicyclic amines) is 1. The lowest BCUT2D eigenvalue weighted by Crippen LogP contribution is -2.48. The number of carbonyl (C=O) groups is 2. The molecule has 8 heteroatoms. The van der Waals surface area contributed by atoms with E-state index in [-0.39, 0.29) is 23.7 Å². The van der Waals surface area contributed by atoms with Crippen molar-refractivity contribution in [1.82, 2.24) is 19.5 Å². The molecule has 0 spiro atoms. The minimum absolute atomic E-state index is 0.0216. The van der Waals surface area contributed by atoms with Crippen LogP contribution in [0.25, 0.3) is 5.65 Å². The molecule has 150 valence electrons. The number of amides is 1. The first-order valence-corrected chi connectivity index (χ1v) is 10.2. The molecular formula is C20H27N5O3. The number of anilines is 1. The molecule has 4 heterocycles. The molecule has 0 N–H and O–H groups in total. The van der Waals surface area contributed by atoms with Gasteiger partial charge in [0.1, 0.15) is 5.82 Å². The minimum atomic E-state index is -0.126. The summed E-state index contributed by atoms with van der Waals surface area (Å²) >= 11 is 0. The molecule has 0 bridgehead atoms. The van der Waals surface area contributed by atoms with Crippen molar-refractivity contribution in [3.05, 3.63) is 24.5 Å². The van der Waals surface area contributed by atoms with E-state index in [9.17, 15) is 9.59 Å². The van der Waals surface area contributed by atoms with Gasteiger partial charge in [0.2, 0.25) is 5.91 Å². The van der Waals surface area contributed by atoms with Crippen molar-refractivity contribution in [1.29, 1.82) is 0 Å². The van der Waals surface area contributed by atoms with Crippen LogP contribution in [0.1, 0.15) is 32.6 Å². The van der Waals surface area contributed by atoms with Crippen molar-refractivity contribution in [2.75, 3.05) is 37.7 Å². The molecular weight excluding hydrogens is 358 g/mol. The fraction of sp³-hybridized carbons (Fsp3) is 0.600. The van der Waals surface area contributed by atoms with E-state index in [0.29, 0.717) is 39.1 Å². The fourth-order valence-corrected chi connectivity index (χ4v) is 4.30. The Morgan fingerprint density at radius 1 is 1.11 bits per heavy atom. The second kappa shape index (κ2) is 8.16. The quantitative estimate of drug-likeness (QED) is 0.746. The van der Waals surface area contributed by atoms with Gasteiger partial charge in [-0.1, -0.05) is 0 Å². The molecule has 28 heavy (non-hydrogen) atoms. The van der Waals surface area contributed by atoms with Gasteiger partial charge in [0.25, 0.3) is 0 Å². The van der Waals surface area contributed by atoms with Gasteiger partial charge in [0.15, 0.2) is 5.65 Å². The number of carbonyl (C=O) groups excluding carboxylic acids is 2. The highest BCUT2D eigenvalue weighted by atomic mass is 16.5. The Balaban J connectivity index is 1.39. The summed E-state index contributed by atoms with van der Waals surface area (Å²) in [5, 5.41) is 4.37. The Labute approximate surface area is 164 Å². The number of fused-ring (bicyclic) bond motifs is 1. The molecule has 0 aliphatic carbocycles. The normalized spacial score (nSPS) is 21.1. The number of nitrogens with zero attached hydrogens (tertiary/aromatic N) is 5. The van der Waals surface area contributed by atoms with Gasteiger partial charge < -0.3 is 14.5 Å². The van der Waals surface area contributed by atoms with Crippen molar-refractivity contribution in [3.63, 3.8) is 0 Å². The molecule has 2 aliphatic heterocycles. The Bertz CT molecular complexity index is 843. The van der Waals surface area contributed by atoms with Crippen molar-refractivity contribution in [2.24, 2.45) is 11.8 Å². The molecule has 2 saturated heterocycles. The molecule has 4 rings (SSSR count). The van der Waals surface area contributed by atoms with E-state index in [0.717, 1.165) is 30.9 Å². The van der Waals surface area contributed by atoms with Crippen LogP contribution in [0.3, 0.4) is 0 Å². The summed E-state index contributed by atoms with van der Waals surface area (Å²) in [6.07, 6.45) is 6.80. The van der Waals surface area contributed by atoms with E-state index in [2.05, 4.69) is 15.0 Å². The molecule has 2 fully saturated rings. The summed E-state index contributed by atoms with van der Waals surface area (Å²) in [6, 6.07) is 3.83. The first-order valence-electron chi connectivity index (χ1n) is 10.2. The first-order chi connectivity index (χ1) is 13.7. The molecule has 0 saturated carbocycles. The van der Waals surface area contributed by atoms with Crippen LogP contribution in [-0.4, -0.2) is 64.2 Å². The van der Waals surface area contributed by atoms with E-state index < -0.39 is 0 Å². The van der Waals surface area contributed by atoms with E-state index in [1.807, 2.05) is 28.5 Å². The van der Waals surface area contributed by atoms with Crippen LogP contribution in [0.4, 0.5) is 5.82 Å². The number of hydrogen-bond donors (Lipinski definition) is 0. The van der Waals surface area contributed by atoms with E-state index in [4.69, 9.17) is 4.74 Å². The second-order valence-corrected chi connectivity index (χ2v) is 7.54. The third-order valence-corrected chi connectivity index (χ3v) is 5.79. The predicted octanol–water partition coefficient (Wildman–Crippen LogP) is 1.75. The van der Waals surface area contributed by atoms with E-state index in [1.165, 1.54) is 0 Å². The number of rotatable bonds is 4. The molecule has 1 unspecified atom stereocenters. The average molecular weight is 385 g/mol. The van der Waals surface area contributed by atoms with Gasteiger partial charge in [-0.25, -0.2) is 4.98 Å². The summed E-state index contributed by atoms with van der Waals surface area (Å²) < 4.78 is 6.95. The monoisotopic (exact) mass is 385 g/mol. The van der Waals surface area contributed by atoms with Gasteiger partial charge in [-0.2, -0.15) is 9.61 Å². The number of esters is 1. The van der Waals surface area contributed by atoms with Crippen LogP contribution in [0.2, 0.25) is 0 Å². The maximum Gasteiger partial charge on any atom is 0.309 e. The highest BCUT2D eigenvalue weighted by molar-refractivity contribution is 5.80. The summed E-state index contributed by atoms with van der Waals surface area (Å²) in [5.74, 6) is 0.967. The largest absolute Gasteiger partial charge is 0.466 e. The third kappa shape index (κ3) is 3.68. The molecule has 1 amide bonds. The maximum absolute atomic E-state index is 13.1. The van der Waals surface area contributed by atoms with Crippen molar-refractivity contribution in [2.45, 2.75) is 32.6 Å². The SMILES string of the molecule is CCOC(=O)C1CCN(C(=O)C2CCCN(c3ccnc4ccnn34)C2)CC1. The molecule has 2 aromatic heterocycles. The van der Waals surface area contributed by atoms with Crippen LogP contribution in [0.5, 0.6) is 0 Å². The van der Waals surface area contributed by atoms with Gasteiger partial charge >= 0.3 is 5.97 Å². The lowest BCUT2D eigenvalue weighted by Gasteiger charge is -2.38. The second-order valence-electron chi connectivity index (χ2n) is 7.54. The fourth-order valence-electron chi connectivity index (χ4n) is 4.30. The number of piperidine rings is 2. The third-order valence-electron chi connectivity index (χ3n) is 5.79. The van der Waals surface area contributed by atoms with Gasteiger partial charge in [-0.05, 0) is 38.7 Å². The summed E-state index contributed by atoms with van der Waals surface area (Å²) in [5.41, 5.74) is 0.812. The van der Waals surface area contributed by atoms with Crippen LogP contribution in [0.15, 0.2) is 24.5 Å². The minimum Gasteiger partial charge on any atom is -0.466 e. The number of ether oxygens (including phenoxy) is 1. The predicted molar refractivity (Wildman–Crippen MR) is 104 cm³/mol. The van der Waals surface area contributed by atoms with Crippen molar-refractivity contribution in [3.8, 4) is 0 Å². The zero-order valence-electron chi connectivity index (χ0n) is 16.3. The van der Waals surface area contributed by atoms with Gasteiger partial charge in [0, 0.05) is 38.4 Å². The van der Waals surface area contributed by atoms with Gasteiger partial charge in [0.05, 0.1) is 24.6 Å². The standard InChI is InChI=1S/C20H27N5O3/c1-2-28-20(27)15-7-12-23(13-8-15)19(26)16-4-3-11-24(14-16)18-6-9-21-17-5-10-22-25(17)18/h5-6,9-10,15-16H,2-4,7-8,11-14H2,1H3. The molecule has 2 aromatic rings. The highest BCUT2D eigenvalue weighted by Gasteiger charge is 2.34. The Morgan fingerprint density at radius 3 is 2.71 bits per heavy atom. The van der Waals surface area contributed by atoms with Gasteiger partial charge in [-0.15, -0.1) is 0 Å². The lowest BCUT2D eigenvalue weighted by molar-refractivity contribution is -0.151. The van der Waals surface area contributed by atoms with Crippen molar-refractivity contribution >= 4 is 23.3 Å². The Hall–Kier alpha value is -2.64. The van der Waals surface area contributed by atoms with E-state index >= 15 is 0 Å². The van der Waals surface area contributed by atoms with Crippen molar-refractivity contribution < 1.29 is 14.3 Å².